The molecule has 1 saturated carbocycles. The minimum absolute atomic E-state index is 0.727. The van der Waals surface area contributed by atoms with Crippen molar-refractivity contribution in [2.45, 2.75) is 65.0 Å². The maximum absolute atomic E-state index is 3.68. The van der Waals surface area contributed by atoms with Gasteiger partial charge < -0.3 is 5.32 Å². The zero-order valence-corrected chi connectivity index (χ0v) is 11.9. The molecule has 17 heavy (non-hydrogen) atoms. The van der Waals surface area contributed by atoms with Gasteiger partial charge in [-0.2, -0.15) is 0 Å². The van der Waals surface area contributed by atoms with Gasteiger partial charge in [-0.25, -0.2) is 0 Å². The van der Waals surface area contributed by atoms with E-state index in [1.54, 1.807) is 0 Å². The van der Waals surface area contributed by atoms with Crippen LogP contribution in [-0.4, -0.2) is 36.6 Å². The Balaban J connectivity index is 1.96. The first-order valence-corrected chi connectivity index (χ1v) is 7.73. The molecule has 1 heterocycles. The third-order valence-corrected chi connectivity index (χ3v) is 5.18. The normalized spacial score (nSPS) is 40.4. The Labute approximate surface area is 107 Å². The van der Waals surface area contributed by atoms with Crippen LogP contribution in [0.1, 0.15) is 52.9 Å². The summed E-state index contributed by atoms with van der Waals surface area (Å²) in [5, 5.41) is 3.68. The quantitative estimate of drug-likeness (QED) is 0.813. The van der Waals surface area contributed by atoms with Crippen LogP contribution in [0, 0.1) is 11.8 Å². The van der Waals surface area contributed by atoms with Gasteiger partial charge in [-0.05, 0) is 50.6 Å². The topological polar surface area (TPSA) is 15.3 Å². The fourth-order valence-electron chi connectivity index (χ4n) is 3.92. The smallest absolute Gasteiger partial charge is 0.0192 e. The molecule has 2 nitrogen and oxygen atoms in total. The van der Waals surface area contributed by atoms with Gasteiger partial charge in [0.1, 0.15) is 0 Å². The van der Waals surface area contributed by atoms with Crippen molar-refractivity contribution in [3.63, 3.8) is 0 Å². The van der Waals surface area contributed by atoms with Gasteiger partial charge in [0.15, 0.2) is 0 Å². The second-order valence-electron chi connectivity index (χ2n) is 6.08. The monoisotopic (exact) mass is 238 g/mol. The molecule has 0 bridgehead atoms. The predicted molar refractivity (Wildman–Crippen MR) is 74.2 cm³/mol. The van der Waals surface area contributed by atoms with Crippen LogP contribution in [0.15, 0.2) is 0 Å². The summed E-state index contributed by atoms with van der Waals surface area (Å²) in [4.78, 5) is 2.80. The number of hydrogen-bond donors (Lipinski definition) is 1. The largest absolute Gasteiger partial charge is 0.313 e. The van der Waals surface area contributed by atoms with Gasteiger partial charge in [0.25, 0.3) is 0 Å². The van der Waals surface area contributed by atoms with Gasteiger partial charge in [0.05, 0.1) is 0 Å². The first-order valence-electron chi connectivity index (χ1n) is 7.73. The highest BCUT2D eigenvalue weighted by Crippen LogP contribution is 2.37. The summed E-state index contributed by atoms with van der Waals surface area (Å²) in [6.07, 6.45) is 6.88. The number of hydrogen-bond acceptors (Lipinski definition) is 2. The summed E-state index contributed by atoms with van der Waals surface area (Å²) in [5.41, 5.74) is 0. The van der Waals surface area contributed by atoms with Crippen LogP contribution in [0.25, 0.3) is 0 Å². The molecule has 2 rings (SSSR count). The average molecular weight is 238 g/mol. The molecular weight excluding hydrogens is 208 g/mol. The molecule has 1 saturated heterocycles. The summed E-state index contributed by atoms with van der Waals surface area (Å²) >= 11 is 0. The molecule has 1 aliphatic heterocycles. The second kappa shape index (κ2) is 6.19. The van der Waals surface area contributed by atoms with Gasteiger partial charge >= 0.3 is 0 Å². The highest BCUT2D eigenvalue weighted by Gasteiger charge is 2.36. The summed E-state index contributed by atoms with van der Waals surface area (Å²) in [6, 6.07) is 1.60. The Morgan fingerprint density at radius 1 is 1.18 bits per heavy atom. The van der Waals surface area contributed by atoms with Crippen LogP contribution in [0.2, 0.25) is 0 Å². The number of rotatable bonds is 3. The van der Waals surface area contributed by atoms with Crippen LogP contribution < -0.4 is 5.32 Å². The molecule has 0 amide bonds. The van der Waals surface area contributed by atoms with E-state index < -0.39 is 0 Å². The Morgan fingerprint density at radius 2 is 2.00 bits per heavy atom. The molecule has 4 unspecified atom stereocenters. The molecule has 2 heteroatoms. The van der Waals surface area contributed by atoms with Crippen molar-refractivity contribution in [1.29, 1.82) is 0 Å². The lowest BCUT2D eigenvalue weighted by Gasteiger charge is -2.33. The molecule has 0 aromatic heterocycles. The van der Waals surface area contributed by atoms with E-state index in [1.165, 1.54) is 51.7 Å². The van der Waals surface area contributed by atoms with Gasteiger partial charge in [-0.3, -0.25) is 4.90 Å². The van der Waals surface area contributed by atoms with Crippen LogP contribution in [0.5, 0.6) is 0 Å². The predicted octanol–water partition coefficient (Wildman–Crippen LogP) is 2.89. The van der Waals surface area contributed by atoms with E-state index in [0.717, 1.165) is 23.9 Å². The number of nitrogens with zero attached hydrogens (tertiary/aromatic N) is 1. The van der Waals surface area contributed by atoms with Crippen molar-refractivity contribution < 1.29 is 0 Å². The van der Waals surface area contributed by atoms with E-state index in [-0.39, 0.29) is 0 Å². The van der Waals surface area contributed by atoms with Crippen LogP contribution in [0.3, 0.4) is 0 Å². The molecule has 100 valence electrons. The summed E-state index contributed by atoms with van der Waals surface area (Å²) in [6.45, 7) is 11.0. The lowest BCUT2D eigenvalue weighted by Crippen LogP contribution is -2.44. The van der Waals surface area contributed by atoms with Gasteiger partial charge in [0, 0.05) is 18.6 Å². The maximum Gasteiger partial charge on any atom is 0.0192 e. The van der Waals surface area contributed by atoms with Crippen LogP contribution >= 0.6 is 0 Å². The van der Waals surface area contributed by atoms with Crippen molar-refractivity contribution in [3.8, 4) is 0 Å². The highest BCUT2D eigenvalue weighted by atomic mass is 15.2. The molecule has 0 spiro atoms. The van der Waals surface area contributed by atoms with Crippen molar-refractivity contribution in [2.24, 2.45) is 11.8 Å². The van der Waals surface area contributed by atoms with E-state index in [9.17, 15) is 0 Å². The lowest BCUT2D eigenvalue weighted by atomic mass is 9.92. The fraction of sp³-hybridized carbons (Fsp3) is 1.00. The Kier molecular flexibility index (Phi) is 4.87. The summed E-state index contributed by atoms with van der Waals surface area (Å²) in [7, 11) is 0. The molecule has 1 N–H and O–H groups in total. The second-order valence-corrected chi connectivity index (χ2v) is 6.08. The van der Waals surface area contributed by atoms with Crippen LogP contribution in [-0.2, 0) is 0 Å². The first kappa shape index (κ1) is 13.4. The average Bonchev–Trinajstić information content (AvgIpc) is 2.58. The van der Waals surface area contributed by atoms with Gasteiger partial charge in [-0.1, -0.05) is 27.2 Å². The van der Waals surface area contributed by atoms with E-state index in [4.69, 9.17) is 0 Å². The summed E-state index contributed by atoms with van der Waals surface area (Å²) < 4.78 is 0. The minimum atomic E-state index is 0.727. The molecule has 0 aromatic carbocycles. The van der Waals surface area contributed by atoms with E-state index >= 15 is 0 Å². The van der Waals surface area contributed by atoms with Crippen molar-refractivity contribution >= 4 is 0 Å². The van der Waals surface area contributed by atoms with E-state index in [1.807, 2.05) is 0 Å². The summed E-state index contributed by atoms with van der Waals surface area (Å²) in [5.74, 6) is 1.90. The van der Waals surface area contributed by atoms with Crippen molar-refractivity contribution in [2.75, 3.05) is 19.6 Å². The third kappa shape index (κ3) is 3.03. The lowest BCUT2D eigenvalue weighted by molar-refractivity contribution is 0.150. The molecule has 0 aromatic rings. The Bertz CT molecular complexity index is 229. The van der Waals surface area contributed by atoms with E-state index in [2.05, 4.69) is 31.0 Å². The zero-order valence-electron chi connectivity index (χ0n) is 11.9. The van der Waals surface area contributed by atoms with Crippen LogP contribution in [0.4, 0.5) is 0 Å². The fourth-order valence-corrected chi connectivity index (χ4v) is 3.92. The molecular formula is C15H30N2. The van der Waals surface area contributed by atoms with Gasteiger partial charge in [0.2, 0.25) is 0 Å². The molecule has 0 radical (unpaired) electrons. The van der Waals surface area contributed by atoms with Crippen molar-refractivity contribution in [3.05, 3.63) is 0 Å². The zero-order chi connectivity index (χ0) is 12.3. The number of nitrogens with one attached hydrogen (secondary N) is 1. The van der Waals surface area contributed by atoms with E-state index in [0.29, 0.717) is 0 Å². The first-order chi connectivity index (χ1) is 8.26. The molecule has 4 atom stereocenters. The van der Waals surface area contributed by atoms with Crippen molar-refractivity contribution in [1.82, 2.24) is 10.2 Å². The molecule has 2 aliphatic rings. The standard InChI is InChI=1S/C15H30N2/c1-4-13-7-8-15(12(13)3)17-10-6-9-16-14(5-2)11-17/h12-16H,4-11H2,1-3H3. The Hall–Kier alpha value is -0.0800. The molecule has 1 aliphatic carbocycles. The SMILES string of the molecule is CCC1CN(C2CCC(CC)C2C)CCCN1. The molecule has 2 fully saturated rings. The van der Waals surface area contributed by atoms with Gasteiger partial charge in [-0.15, -0.1) is 0 Å². The maximum atomic E-state index is 3.68. The Morgan fingerprint density at radius 3 is 2.65 bits per heavy atom. The third-order valence-electron chi connectivity index (χ3n) is 5.18. The minimum Gasteiger partial charge on any atom is -0.313 e. The highest BCUT2D eigenvalue weighted by molar-refractivity contribution is 4.90.